The van der Waals surface area contributed by atoms with Crippen molar-refractivity contribution in [3.8, 4) is 0 Å². The number of para-hydroxylation sites is 1. The van der Waals surface area contributed by atoms with E-state index in [0.717, 1.165) is 18.7 Å². The molecular weight excluding hydrogens is 330 g/mol. The number of carbonyl (C=O) groups excluding carboxylic acids is 2. The predicted molar refractivity (Wildman–Crippen MR) is 103 cm³/mol. The van der Waals surface area contributed by atoms with Crippen LogP contribution in [0.2, 0.25) is 0 Å². The van der Waals surface area contributed by atoms with Crippen molar-refractivity contribution in [3.05, 3.63) is 60.6 Å². The van der Waals surface area contributed by atoms with Crippen LogP contribution in [0.5, 0.6) is 0 Å². The van der Waals surface area contributed by atoms with Gasteiger partial charge in [-0.15, -0.1) is 0 Å². The van der Waals surface area contributed by atoms with Gasteiger partial charge in [0.15, 0.2) is 0 Å². The van der Waals surface area contributed by atoms with Crippen LogP contribution in [0.3, 0.4) is 0 Å². The van der Waals surface area contributed by atoms with E-state index in [1.165, 1.54) is 6.08 Å². The molecule has 0 aliphatic rings. The zero-order valence-corrected chi connectivity index (χ0v) is 15.0. The SMILES string of the molecule is CN(CCCNC(=O)CCNC(=O)/C=C/c1ccco1)c1ccccc1. The lowest BCUT2D eigenvalue weighted by Crippen LogP contribution is -2.31. The first-order valence-corrected chi connectivity index (χ1v) is 8.67. The van der Waals surface area contributed by atoms with Gasteiger partial charge in [-0.3, -0.25) is 9.59 Å². The van der Waals surface area contributed by atoms with E-state index < -0.39 is 0 Å². The highest BCUT2D eigenvalue weighted by molar-refractivity contribution is 5.91. The summed E-state index contributed by atoms with van der Waals surface area (Å²) < 4.78 is 5.09. The van der Waals surface area contributed by atoms with E-state index in [0.29, 0.717) is 18.8 Å². The molecule has 6 heteroatoms. The van der Waals surface area contributed by atoms with Crippen LogP contribution in [-0.2, 0) is 9.59 Å². The van der Waals surface area contributed by atoms with Crippen LogP contribution in [0.1, 0.15) is 18.6 Å². The van der Waals surface area contributed by atoms with E-state index in [-0.39, 0.29) is 18.2 Å². The molecule has 1 aromatic heterocycles. The Morgan fingerprint density at radius 2 is 1.88 bits per heavy atom. The molecule has 0 aliphatic heterocycles. The van der Waals surface area contributed by atoms with Crippen LogP contribution in [0.4, 0.5) is 5.69 Å². The molecule has 0 spiro atoms. The molecule has 0 bridgehead atoms. The Balaban J connectivity index is 1.53. The van der Waals surface area contributed by atoms with Gasteiger partial charge in [-0.2, -0.15) is 0 Å². The molecule has 6 nitrogen and oxygen atoms in total. The summed E-state index contributed by atoms with van der Waals surface area (Å²) in [6.45, 7) is 1.78. The number of furan rings is 1. The molecule has 2 rings (SSSR count). The van der Waals surface area contributed by atoms with Crippen molar-refractivity contribution in [1.82, 2.24) is 10.6 Å². The number of hydrogen-bond donors (Lipinski definition) is 2. The standard InChI is InChI=1S/C20H25N3O3/c1-23(17-7-3-2-4-8-17)15-6-13-21-20(25)12-14-22-19(24)11-10-18-9-5-16-26-18/h2-5,7-11,16H,6,12-15H2,1H3,(H,21,25)(H,22,24)/b11-10+. The molecule has 2 amide bonds. The fraction of sp³-hybridized carbons (Fsp3) is 0.300. The predicted octanol–water partition coefficient (Wildman–Crippen LogP) is 2.44. The van der Waals surface area contributed by atoms with Crippen LogP contribution >= 0.6 is 0 Å². The van der Waals surface area contributed by atoms with Gasteiger partial charge >= 0.3 is 0 Å². The average Bonchev–Trinajstić information content (AvgIpc) is 3.18. The molecule has 26 heavy (non-hydrogen) atoms. The molecule has 0 radical (unpaired) electrons. The Morgan fingerprint density at radius 3 is 2.62 bits per heavy atom. The lowest BCUT2D eigenvalue weighted by Gasteiger charge is -2.19. The second kappa shape index (κ2) is 10.8. The van der Waals surface area contributed by atoms with Crippen molar-refractivity contribution in [1.29, 1.82) is 0 Å². The summed E-state index contributed by atoms with van der Waals surface area (Å²) in [4.78, 5) is 25.5. The van der Waals surface area contributed by atoms with Gasteiger partial charge in [0.25, 0.3) is 0 Å². The van der Waals surface area contributed by atoms with Gasteiger partial charge in [-0.05, 0) is 36.8 Å². The van der Waals surface area contributed by atoms with Crippen LogP contribution in [0.15, 0.2) is 59.2 Å². The summed E-state index contributed by atoms with van der Waals surface area (Å²) in [5.74, 6) is 0.291. The number of anilines is 1. The molecule has 0 atom stereocenters. The van der Waals surface area contributed by atoms with Crippen LogP contribution in [0.25, 0.3) is 6.08 Å². The first-order chi connectivity index (χ1) is 12.6. The minimum atomic E-state index is -0.251. The van der Waals surface area contributed by atoms with Gasteiger partial charge < -0.3 is 20.0 Å². The summed E-state index contributed by atoms with van der Waals surface area (Å²) in [5, 5.41) is 5.54. The van der Waals surface area contributed by atoms with Crippen molar-refractivity contribution >= 4 is 23.6 Å². The van der Waals surface area contributed by atoms with Gasteiger partial charge in [0, 0.05) is 44.9 Å². The molecule has 2 aromatic rings. The van der Waals surface area contributed by atoms with E-state index in [4.69, 9.17) is 4.42 Å². The first kappa shape index (κ1) is 19.3. The summed E-state index contributed by atoms with van der Waals surface area (Å²) >= 11 is 0. The van der Waals surface area contributed by atoms with E-state index in [1.54, 1.807) is 24.5 Å². The zero-order chi connectivity index (χ0) is 18.6. The Hall–Kier alpha value is -3.02. The highest BCUT2D eigenvalue weighted by atomic mass is 16.3. The molecule has 2 N–H and O–H groups in total. The van der Waals surface area contributed by atoms with E-state index in [9.17, 15) is 9.59 Å². The topological polar surface area (TPSA) is 74.6 Å². The minimum absolute atomic E-state index is 0.0670. The van der Waals surface area contributed by atoms with Gasteiger partial charge in [-0.1, -0.05) is 18.2 Å². The Labute approximate surface area is 153 Å². The molecule has 0 saturated heterocycles. The smallest absolute Gasteiger partial charge is 0.244 e. The average molecular weight is 355 g/mol. The normalized spacial score (nSPS) is 10.7. The van der Waals surface area contributed by atoms with Crippen molar-refractivity contribution in [2.45, 2.75) is 12.8 Å². The zero-order valence-electron chi connectivity index (χ0n) is 15.0. The summed E-state index contributed by atoms with van der Waals surface area (Å²) in [7, 11) is 2.03. The highest BCUT2D eigenvalue weighted by Crippen LogP contribution is 2.10. The fourth-order valence-electron chi connectivity index (χ4n) is 2.35. The maximum Gasteiger partial charge on any atom is 0.244 e. The fourth-order valence-corrected chi connectivity index (χ4v) is 2.35. The third-order valence-electron chi connectivity index (χ3n) is 3.78. The van der Waals surface area contributed by atoms with Crippen LogP contribution < -0.4 is 15.5 Å². The van der Waals surface area contributed by atoms with E-state index >= 15 is 0 Å². The van der Waals surface area contributed by atoms with E-state index in [1.807, 2.05) is 25.2 Å². The van der Waals surface area contributed by atoms with Crippen molar-refractivity contribution in [3.63, 3.8) is 0 Å². The highest BCUT2D eigenvalue weighted by Gasteiger charge is 2.03. The third-order valence-corrected chi connectivity index (χ3v) is 3.78. The molecule has 138 valence electrons. The summed E-state index contributed by atoms with van der Waals surface area (Å²) in [6.07, 6.45) is 5.62. The molecule has 1 heterocycles. The molecule has 1 aromatic carbocycles. The van der Waals surface area contributed by atoms with Gasteiger partial charge in [0.1, 0.15) is 5.76 Å². The van der Waals surface area contributed by atoms with Crippen LogP contribution in [0, 0.1) is 0 Å². The largest absolute Gasteiger partial charge is 0.465 e. The summed E-state index contributed by atoms with van der Waals surface area (Å²) in [6, 6.07) is 13.6. The molecule has 0 saturated carbocycles. The Bertz CT molecular complexity index is 696. The number of nitrogens with one attached hydrogen (secondary N) is 2. The van der Waals surface area contributed by atoms with Crippen molar-refractivity contribution in [2.24, 2.45) is 0 Å². The van der Waals surface area contributed by atoms with Gasteiger partial charge in [0.05, 0.1) is 6.26 Å². The number of rotatable bonds is 10. The van der Waals surface area contributed by atoms with Crippen molar-refractivity contribution < 1.29 is 14.0 Å². The molecule has 0 fully saturated rings. The maximum atomic E-state index is 11.8. The maximum absolute atomic E-state index is 11.8. The molecule has 0 unspecified atom stereocenters. The Kier molecular flexibility index (Phi) is 7.99. The molecule has 0 aliphatic carbocycles. The van der Waals surface area contributed by atoms with Gasteiger partial charge in [-0.25, -0.2) is 0 Å². The Morgan fingerprint density at radius 1 is 1.08 bits per heavy atom. The minimum Gasteiger partial charge on any atom is -0.465 e. The quantitative estimate of drug-likeness (QED) is 0.507. The third kappa shape index (κ3) is 7.25. The number of hydrogen-bond acceptors (Lipinski definition) is 4. The molecular formula is C20H25N3O3. The lowest BCUT2D eigenvalue weighted by molar-refractivity contribution is -0.121. The second-order valence-electron chi connectivity index (χ2n) is 5.85. The van der Waals surface area contributed by atoms with Crippen molar-refractivity contribution in [2.75, 3.05) is 31.6 Å². The second-order valence-corrected chi connectivity index (χ2v) is 5.85. The summed E-state index contributed by atoms with van der Waals surface area (Å²) in [5.41, 5.74) is 1.16. The number of amides is 2. The number of nitrogens with zero attached hydrogens (tertiary/aromatic N) is 1. The van der Waals surface area contributed by atoms with E-state index in [2.05, 4.69) is 27.7 Å². The van der Waals surface area contributed by atoms with Crippen LogP contribution in [-0.4, -0.2) is 38.5 Å². The monoisotopic (exact) mass is 355 g/mol. The lowest BCUT2D eigenvalue weighted by atomic mass is 10.3. The first-order valence-electron chi connectivity index (χ1n) is 8.67. The van der Waals surface area contributed by atoms with Gasteiger partial charge in [0.2, 0.25) is 11.8 Å². The number of benzene rings is 1. The number of carbonyl (C=O) groups is 2.